The molecule has 0 unspecified atom stereocenters. The molecule has 87 heavy (non-hydrogen) atoms. The van der Waals surface area contributed by atoms with E-state index in [9.17, 15) is 0 Å². The first-order valence-electron chi connectivity index (χ1n) is 30.1. The van der Waals surface area contributed by atoms with Gasteiger partial charge in [-0.3, -0.25) is 0 Å². The molecule has 1 aromatic heterocycles. The lowest BCUT2D eigenvalue weighted by atomic mass is 9.30. The van der Waals surface area contributed by atoms with E-state index in [4.69, 9.17) is 0 Å². The van der Waals surface area contributed by atoms with Gasteiger partial charge in [0.05, 0.1) is 38.2 Å². The first kappa shape index (κ1) is 48.6. The van der Waals surface area contributed by atoms with Gasteiger partial charge >= 0.3 is 0 Å². The third-order valence-electron chi connectivity index (χ3n) is 18.8. The standard InChI is InChI=1S/C79H51B2N5S/c1-50-42-68-72-69(43-50)85-74-62(80(72)64-44-53-28-20-22-30-55(53)46-66(64)83(68)59-36-16-6-17-37-59)40-41-63-75(74)86(77-76(85)78(51-24-8-2-9-25-51)87-79(77)52-26-10-3-11-27-52)71-49-61(82(57-32-12-4-13-33-57)58-34-14-5-15-35-58)48-70-73(71)81(63)65-45-54-29-21-23-31-56(54)47-67(65)84(70)60-38-18-7-19-39-60/h2-49H,1H3. The Labute approximate surface area is 510 Å². The van der Waals surface area contributed by atoms with E-state index in [2.05, 4.69) is 323 Å². The maximum Gasteiger partial charge on any atom is 0.252 e. The van der Waals surface area contributed by atoms with Crippen molar-refractivity contribution in [1.82, 2.24) is 0 Å². The van der Waals surface area contributed by atoms with Crippen molar-refractivity contribution in [2.75, 3.05) is 24.5 Å². The highest BCUT2D eigenvalue weighted by Crippen LogP contribution is 2.65. The Bertz CT molecular complexity index is 5120. The van der Waals surface area contributed by atoms with E-state index in [1.165, 1.54) is 132 Å². The molecular formula is C79H51B2N5S. The zero-order chi connectivity index (χ0) is 57.0. The number of hydrogen-bond donors (Lipinski definition) is 0. The van der Waals surface area contributed by atoms with Crippen molar-refractivity contribution in [1.29, 1.82) is 0 Å². The lowest BCUT2D eigenvalue weighted by Gasteiger charge is -2.52. The molecule has 0 atom stereocenters. The molecule has 0 spiro atoms. The van der Waals surface area contributed by atoms with Crippen molar-refractivity contribution in [2.24, 2.45) is 0 Å². The Morgan fingerprint density at radius 1 is 0.287 bits per heavy atom. The molecule has 0 saturated carbocycles. The first-order chi connectivity index (χ1) is 43.1. The summed E-state index contributed by atoms with van der Waals surface area (Å²) < 4.78 is 0. The normalized spacial score (nSPS) is 13.4. The molecule has 5 aliphatic heterocycles. The third kappa shape index (κ3) is 6.99. The second-order valence-corrected chi connectivity index (χ2v) is 24.7. The summed E-state index contributed by atoms with van der Waals surface area (Å²) in [6.45, 7) is 2.04. The van der Waals surface area contributed by atoms with Gasteiger partial charge < -0.3 is 24.5 Å². The molecule has 0 saturated heterocycles. The minimum Gasteiger partial charge on any atom is -0.311 e. The maximum absolute atomic E-state index is 2.76. The molecule has 19 rings (SSSR count). The molecule has 0 aliphatic carbocycles. The summed E-state index contributed by atoms with van der Waals surface area (Å²) in [5.74, 6) is 0. The fourth-order valence-corrected chi connectivity index (χ4v) is 16.6. The van der Waals surface area contributed by atoms with Gasteiger partial charge in [0.15, 0.2) is 0 Å². The largest absolute Gasteiger partial charge is 0.311 e. The van der Waals surface area contributed by atoms with Crippen LogP contribution in [0.1, 0.15) is 5.56 Å². The average Bonchev–Trinajstić information content (AvgIpc) is 1.62. The molecule has 0 fully saturated rings. The van der Waals surface area contributed by atoms with Crippen LogP contribution >= 0.6 is 11.3 Å². The second kappa shape index (κ2) is 18.6. The average molecular weight is 1120 g/mol. The molecule has 0 amide bonds. The quantitative estimate of drug-likeness (QED) is 0.147. The van der Waals surface area contributed by atoms with Gasteiger partial charge in [-0.1, -0.05) is 206 Å². The molecule has 5 nitrogen and oxygen atoms in total. The van der Waals surface area contributed by atoms with Crippen LogP contribution in [0.5, 0.6) is 0 Å². The molecule has 14 aromatic rings. The number of fused-ring (bicyclic) bond motifs is 13. The Balaban J connectivity index is 1.00. The Morgan fingerprint density at radius 3 is 1.06 bits per heavy atom. The van der Waals surface area contributed by atoms with E-state index in [1.807, 2.05) is 11.3 Å². The summed E-state index contributed by atoms with van der Waals surface area (Å²) in [6, 6.07) is 109. The number of benzene rings is 13. The molecule has 404 valence electrons. The van der Waals surface area contributed by atoms with E-state index in [0.717, 1.165) is 34.1 Å². The van der Waals surface area contributed by atoms with Crippen LogP contribution in [0.15, 0.2) is 291 Å². The Hall–Kier alpha value is -10.8. The highest BCUT2D eigenvalue weighted by Gasteiger charge is 2.54. The number of aryl methyl sites for hydroxylation is 1. The third-order valence-corrected chi connectivity index (χ3v) is 20.1. The zero-order valence-corrected chi connectivity index (χ0v) is 48.3. The van der Waals surface area contributed by atoms with Crippen molar-refractivity contribution in [3.63, 3.8) is 0 Å². The van der Waals surface area contributed by atoms with Crippen molar-refractivity contribution >= 4 is 164 Å². The summed E-state index contributed by atoms with van der Waals surface area (Å²) >= 11 is 1.92. The maximum atomic E-state index is 2.76. The van der Waals surface area contributed by atoms with Crippen LogP contribution in [0, 0.1) is 6.92 Å². The number of anilines is 15. The van der Waals surface area contributed by atoms with Crippen molar-refractivity contribution in [3.8, 4) is 20.9 Å². The number of hydrogen-bond acceptors (Lipinski definition) is 6. The van der Waals surface area contributed by atoms with Crippen molar-refractivity contribution < 1.29 is 0 Å². The predicted octanol–water partition coefficient (Wildman–Crippen LogP) is 17.6. The minimum atomic E-state index is -0.150. The second-order valence-electron chi connectivity index (χ2n) is 23.6. The number of nitrogens with zero attached hydrogens (tertiary/aromatic N) is 5. The van der Waals surface area contributed by atoms with Crippen LogP contribution in [0.4, 0.5) is 85.3 Å². The van der Waals surface area contributed by atoms with Gasteiger partial charge in [0.2, 0.25) is 0 Å². The van der Waals surface area contributed by atoms with Crippen LogP contribution in [0.25, 0.3) is 42.4 Å². The topological polar surface area (TPSA) is 16.2 Å². The number of thiophene rings is 1. The van der Waals surface area contributed by atoms with Crippen LogP contribution in [0.3, 0.4) is 0 Å². The van der Waals surface area contributed by atoms with E-state index in [1.54, 1.807) is 0 Å². The van der Waals surface area contributed by atoms with Gasteiger partial charge in [-0.15, -0.1) is 11.3 Å². The predicted molar refractivity (Wildman–Crippen MR) is 371 cm³/mol. The molecule has 0 radical (unpaired) electrons. The van der Waals surface area contributed by atoms with Crippen LogP contribution in [-0.2, 0) is 0 Å². The molecule has 0 bridgehead atoms. The van der Waals surface area contributed by atoms with Crippen molar-refractivity contribution in [2.45, 2.75) is 6.92 Å². The highest BCUT2D eigenvalue weighted by atomic mass is 32.1. The molecule has 6 heterocycles. The van der Waals surface area contributed by atoms with Crippen LogP contribution < -0.4 is 57.3 Å². The van der Waals surface area contributed by atoms with E-state index >= 15 is 0 Å². The fourth-order valence-electron chi connectivity index (χ4n) is 15.4. The molecule has 13 aromatic carbocycles. The molecular weight excluding hydrogens is 1070 g/mol. The summed E-state index contributed by atoms with van der Waals surface area (Å²) in [5, 5.41) is 4.90. The lowest BCUT2D eigenvalue weighted by Crippen LogP contribution is -2.65. The summed E-state index contributed by atoms with van der Waals surface area (Å²) in [6.07, 6.45) is 0. The van der Waals surface area contributed by atoms with Crippen LogP contribution in [-0.4, -0.2) is 13.4 Å². The van der Waals surface area contributed by atoms with Gasteiger partial charge in [-0.25, -0.2) is 0 Å². The number of rotatable bonds is 7. The Kier molecular flexibility index (Phi) is 10.4. The van der Waals surface area contributed by atoms with E-state index in [-0.39, 0.29) is 13.4 Å². The van der Waals surface area contributed by atoms with Gasteiger partial charge in [-0.2, -0.15) is 0 Å². The molecule has 0 N–H and O–H groups in total. The smallest absolute Gasteiger partial charge is 0.252 e. The summed E-state index contributed by atoms with van der Waals surface area (Å²) in [4.78, 5) is 15.5. The summed E-state index contributed by atoms with van der Waals surface area (Å²) in [7, 11) is 0. The monoisotopic (exact) mass is 1120 g/mol. The SMILES string of the molecule is Cc1cc2c3c(c1)N1c4c(ccc5c4N(c4cc(N(c6ccccc6)c6ccccc6)cc6c4B5c4cc5ccccc5cc4N6c4ccccc4)c4c(-c5ccccc5)sc(-c5ccccc5)c41)B3c1cc3ccccc3cc1N2c1ccccc1. The van der Waals surface area contributed by atoms with Crippen LogP contribution in [0.2, 0.25) is 0 Å². The fraction of sp³-hybridized carbons (Fsp3) is 0.0127. The molecule has 5 aliphatic rings. The highest BCUT2D eigenvalue weighted by molar-refractivity contribution is 7.20. The Morgan fingerprint density at radius 2 is 0.632 bits per heavy atom. The van der Waals surface area contributed by atoms with Gasteiger partial charge in [0.1, 0.15) is 0 Å². The number of para-hydroxylation sites is 4. The van der Waals surface area contributed by atoms with Crippen molar-refractivity contribution in [3.05, 3.63) is 297 Å². The first-order valence-corrected chi connectivity index (χ1v) is 31.0. The van der Waals surface area contributed by atoms with Gasteiger partial charge in [0, 0.05) is 56.9 Å². The lowest BCUT2D eigenvalue weighted by molar-refractivity contribution is 1.17. The molecule has 8 heteroatoms. The van der Waals surface area contributed by atoms with E-state index in [0.29, 0.717) is 0 Å². The zero-order valence-electron chi connectivity index (χ0n) is 47.5. The van der Waals surface area contributed by atoms with Gasteiger partial charge in [-0.05, 0) is 163 Å². The van der Waals surface area contributed by atoms with Gasteiger partial charge in [0.25, 0.3) is 13.4 Å². The summed E-state index contributed by atoms with van der Waals surface area (Å²) in [5.41, 5.74) is 28.9. The van der Waals surface area contributed by atoms with E-state index < -0.39 is 0 Å². The minimum absolute atomic E-state index is 0.103.